The second-order valence-corrected chi connectivity index (χ2v) is 5.60. The van der Waals surface area contributed by atoms with Crippen LogP contribution in [0.5, 0.6) is 0 Å². The number of hydrogen-bond acceptors (Lipinski definition) is 6. The minimum atomic E-state index is -0.803. The van der Waals surface area contributed by atoms with Crippen molar-refractivity contribution in [2.45, 2.75) is 12.6 Å². The second-order valence-electron chi connectivity index (χ2n) is 4.14. The van der Waals surface area contributed by atoms with Crippen molar-refractivity contribution in [1.29, 1.82) is 0 Å². The van der Waals surface area contributed by atoms with Crippen molar-refractivity contribution >= 4 is 27.5 Å². The van der Waals surface area contributed by atoms with Gasteiger partial charge in [0.25, 0.3) is 0 Å². The highest BCUT2D eigenvalue weighted by Gasteiger charge is 2.21. The molecule has 2 heterocycles. The van der Waals surface area contributed by atoms with Crippen LogP contribution in [0, 0.1) is 0 Å². The summed E-state index contributed by atoms with van der Waals surface area (Å²) >= 11 is 4.63. The van der Waals surface area contributed by atoms with Gasteiger partial charge in [-0.05, 0) is 41.6 Å². The lowest BCUT2D eigenvalue weighted by Crippen LogP contribution is -2.21. The Hall–Kier alpha value is -0.830. The summed E-state index contributed by atoms with van der Waals surface area (Å²) in [5, 5.41) is 20.2. The van der Waals surface area contributed by atoms with E-state index >= 15 is 0 Å². The molecule has 0 fully saturated rings. The fourth-order valence-corrected chi connectivity index (χ4v) is 2.53. The second kappa shape index (κ2) is 5.87. The highest BCUT2D eigenvalue weighted by atomic mass is 79.9. The molecule has 0 amide bonds. The summed E-state index contributed by atoms with van der Waals surface area (Å²) in [4.78, 5) is 2.07. The van der Waals surface area contributed by atoms with E-state index in [2.05, 4.69) is 35.5 Å². The number of nitrogens with zero attached hydrogens (tertiary/aromatic N) is 5. The van der Waals surface area contributed by atoms with E-state index in [1.54, 1.807) is 16.3 Å². The van der Waals surface area contributed by atoms with Gasteiger partial charge in [-0.15, -0.1) is 5.10 Å². The number of aliphatic hydroxyl groups is 1. The van der Waals surface area contributed by atoms with Crippen molar-refractivity contribution in [1.82, 2.24) is 24.3 Å². The third-order valence-electron chi connectivity index (χ3n) is 2.51. The maximum Gasteiger partial charge on any atom is 0.141 e. The van der Waals surface area contributed by atoms with Crippen LogP contribution in [0.3, 0.4) is 0 Å². The predicted molar refractivity (Wildman–Crippen MR) is 72.5 cm³/mol. The Labute approximate surface area is 118 Å². The Balaban J connectivity index is 2.23. The van der Waals surface area contributed by atoms with Gasteiger partial charge in [0.15, 0.2) is 0 Å². The highest BCUT2D eigenvalue weighted by Crippen LogP contribution is 2.27. The zero-order valence-electron chi connectivity index (χ0n) is 10.1. The molecule has 0 radical (unpaired) electrons. The van der Waals surface area contributed by atoms with Gasteiger partial charge in [0, 0.05) is 11.9 Å². The van der Waals surface area contributed by atoms with Crippen LogP contribution in [-0.2, 0) is 6.54 Å². The number of aromatic nitrogens is 4. The van der Waals surface area contributed by atoms with E-state index < -0.39 is 6.10 Å². The molecule has 18 heavy (non-hydrogen) atoms. The van der Waals surface area contributed by atoms with E-state index in [1.165, 1.54) is 11.5 Å². The smallest absolute Gasteiger partial charge is 0.141 e. The summed E-state index contributed by atoms with van der Waals surface area (Å²) in [5.74, 6) is 0. The highest BCUT2D eigenvalue weighted by molar-refractivity contribution is 9.10. The van der Waals surface area contributed by atoms with E-state index in [1.807, 2.05) is 14.1 Å². The van der Waals surface area contributed by atoms with E-state index in [0.717, 1.165) is 11.0 Å². The number of hydrogen-bond donors (Lipinski definition) is 1. The van der Waals surface area contributed by atoms with Crippen LogP contribution < -0.4 is 0 Å². The SMILES string of the molecule is CN(C)CCn1ncc(Br)c1C(O)c1csnn1. The molecule has 0 aliphatic rings. The maximum atomic E-state index is 10.3. The Bertz CT molecular complexity index is 498. The molecule has 1 unspecified atom stereocenters. The van der Waals surface area contributed by atoms with E-state index in [0.29, 0.717) is 17.9 Å². The van der Waals surface area contributed by atoms with Crippen molar-refractivity contribution in [3.63, 3.8) is 0 Å². The van der Waals surface area contributed by atoms with Crippen molar-refractivity contribution < 1.29 is 5.11 Å². The van der Waals surface area contributed by atoms with Crippen LogP contribution >= 0.6 is 27.5 Å². The van der Waals surface area contributed by atoms with Crippen LogP contribution in [0.25, 0.3) is 0 Å². The summed E-state index contributed by atoms with van der Waals surface area (Å²) in [6.07, 6.45) is 0.886. The first-order valence-corrected chi connectivity index (χ1v) is 7.03. The topological polar surface area (TPSA) is 67.1 Å². The van der Waals surface area contributed by atoms with Gasteiger partial charge in [-0.1, -0.05) is 4.49 Å². The van der Waals surface area contributed by atoms with Crippen LogP contribution in [0.1, 0.15) is 17.5 Å². The average Bonchev–Trinajstić information content (AvgIpc) is 2.94. The van der Waals surface area contributed by atoms with Gasteiger partial charge in [0.05, 0.1) is 22.9 Å². The monoisotopic (exact) mass is 331 g/mol. The van der Waals surface area contributed by atoms with Crippen molar-refractivity contribution in [3.05, 3.63) is 27.4 Å². The van der Waals surface area contributed by atoms with Gasteiger partial charge in [0.2, 0.25) is 0 Å². The van der Waals surface area contributed by atoms with E-state index in [-0.39, 0.29) is 0 Å². The zero-order valence-corrected chi connectivity index (χ0v) is 12.5. The summed E-state index contributed by atoms with van der Waals surface area (Å²) < 4.78 is 6.33. The van der Waals surface area contributed by atoms with Gasteiger partial charge >= 0.3 is 0 Å². The largest absolute Gasteiger partial charge is 0.380 e. The van der Waals surface area contributed by atoms with Crippen molar-refractivity contribution in [2.24, 2.45) is 0 Å². The Morgan fingerprint density at radius 1 is 1.56 bits per heavy atom. The number of aliphatic hydroxyl groups excluding tert-OH is 1. The molecular formula is C10H14BrN5OS. The Kier molecular flexibility index (Phi) is 4.44. The van der Waals surface area contributed by atoms with Crippen molar-refractivity contribution in [2.75, 3.05) is 20.6 Å². The molecule has 2 aromatic rings. The molecular weight excluding hydrogens is 318 g/mol. The first-order valence-electron chi connectivity index (χ1n) is 5.40. The summed E-state index contributed by atoms with van der Waals surface area (Å²) in [7, 11) is 4.00. The van der Waals surface area contributed by atoms with Gasteiger partial charge in [0.1, 0.15) is 11.8 Å². The number of halogens is 1. The van der Waals surface area contributed by atoms with Gasteiger partial charge in [-0.3, -0.25) is 4.68 Å². The fourth-order valence-electron chi connectivity index (χ4n) is 1.55. The molecule has 0 bridgehead atoms. The predicted octanol–water partition coefficient (Wildman–Crippen LogP) is 1.14. The molecule has 1 N–H and O–H groups in total. The Morgan fingerprint density at radius 3 is 2.94 bits per heavy atom. The molecule has 2 aromatic heterocycles. The molecule has 0 aromatic carbocycles. The lowest BCUT2D eigenvalue weighted by Gasteiger charge is -2.14. The van der Waals surface area contributed by atoms with Crippen LogP contribution in [0.2, 0.25) is 0 Å². The molecule has 0 saturated carbocycles. The summed E-state index contributed by atoms with van der Waals surface area (Å²) in [6.45, 7) is 1.56. The fraction of sp³-hybridized carbons (Fsp3) is 0.500. The molecule has 2 rings (SSSR count). The van der Waals surface area contributed by atoms with Crippen LogP contribution in [-0.4, -0.2) is 50.0 Å². The maximum absolute atomic E-state index is 10.3. The first kappa shape index (κ1) is 13.6. The normalized spacial score (nSPS) is 13.2. The lowest BCUT2D eigenvalue weighted by atomic mass is 10.2. The molecule has 0 saturated heterocycles. The summed E-state index contributed by atoms with van der Waals surface area (Å²) in [6, 6.07) is 0. The third kappa shape index (κ3) is 2.94. The molecule has 6 nitrogen and oxygen atoms in total. The zero-order chi connectivity index (χ0) is 13.1. The van der Waals surface area contributed by atoms with E-state index in [9.17, 15) is 5.11 Å². The molecule has 1 atom stereocenters. The quantitative estimate of drug-likeness (QED) is 0.889. The molecule has 0 aliphatic heterocycles. The average molecular weight is 332 g/mol. The molecule has 98 valence electrons. The lowest BCUT2D eigenvalue weighted by molar-refractivity contribution is 0.200. The molecule has 0 spiro atoms. The van der Waals surface area contributed by atoms with Gasteiger partial charge < -0.3 is 10.0 Å². The van der Waals surface area contributed by atoms with E-state index in [4.69, 9.17) is 0 Å². The minimum Gasteiger partial charge on any atom is -0.380 e. The standard InChI is InChI=1S/C10H14BrN5OS/c1-15(2)3-4-16-9(7(11)5-12-16)10(17)8-6-18-14-13-8/h5-6,10,17H,3-4H2,1-2H3. The minimum absolute atomic E-state index is 0.548. The van der Waals surface area contributed by atoms with Crippen LogP contribution in [0.4, 0.5) is 0 Å². The Morgan fingerprint density at radius 2 is 2.33 bits per heavy atom. The summed E-state index contributed by atoms with van der Waals surface area (Å²) in [5.41, 5.74) is 1.26. The number of likely N-dealkylation sites (N-methyl/N-ethyl adjacent to an activating group) is 1. The molecule has 0 aliphatic carbocycles. The molecule has 8 heteroatoms. The number of rotatable bonds is 5. The van der Waals surface area contributed by atoms with Gasteiger partial charge in [-0.2, -0.15) is 5.10 Å². The van der Waals surface area contributed by atoms with Crippen molar-refractivity contribution in [3.8, 4) is 0 Å². The third-order valence-corrected chi connectivity index (χ3v) is 3.64. The van der Waals surface area contributed by atoms with Crippen LogP contribution in [0.15, 0.2) is 16.0 Å². The first-order chi connectivity index (χ1) is 8.59. The van der Waals surface area contributed by atoms with Gasteiger partial charge in [-0.25, -0.2) is 0 Å².